The maximum absolute atomic E-state index is 12.2. The molecule has 6 nitrogen and oxygen atoms in total. The Morgan fingerprint density at radius 1 is 1.07 bits per heavy atom. The number of amides is 1. The van der Waals surface area contributed by atoms with Crippen LogP contribution in [0.25, 0.3) is 0 Å². The molecule has 0 heterocycles. The van der Waals surface area contributed by atoms with Crippen LogP contribution in [-0.4, -0.2) is 46.5 Å². The van der Waals surface area contributed by atoms with E-state index < -0.39 is 10.0 Å². The van der Waals surface area contributed by atoms with E-state index in [9.17, 15) is 13.2 Å². The van der Waals surface area contributed by atoms with Gasteiger partial charge in [0.25, 0.3) is 0 Å². The summed E-state index contributed by atoms with van der Waals surface area (Å²) in [5, 5.41) is 0. The van der Waals surface area contributed by atoms with Crippen LogP contribution < -0.4 is 9.46 Å². The minimum atomic E-state index is -3.43. The summed E-state index contributed by atoms with van der Waals surface area (Å²) < 4.78 is 31.3. The number of ether oxygens (including phenoxy) is 1. The summed E-state index contributed by atoms with van der Waals surface area (Å²) in [5.74, 6) is 0.812. The number of carbonyl (C=O) groups is 1. The van der Waals surface area contributed by atoms with Crippen LogP contribution in [0.3, 0.4) is 0 Å². The summed E-state index contributed by atoms with van der Waals surface area (Å²) in [5.41, 5.74) is 2.09. The third-order valence-electron chi connectivity index (χ3n) is 4.27. The van der Waals surface area contributed by atoms with E-state index in [1.165, 1.54) is 12.6 Å². The van der Waals surface area contributed by atoms with Gasteiger partial charge in [0, 0.05) is 13.5 Å². The van der Waals surface area contributed by atoms with E-state index in [0.29, 0.717) is 26.0 Å². The molecule has 2 aromatic rings. The van der Waals surface area contributed by atoms with Crippen molar-refractivity contribution in [3.05, 3.63) is 59.7 Å². The number of nitrogens with one attached hydrogen (secondary N) is 1. The molecule has 0 aliphatic carbocycles. The molecule has 0 saturated heterocycles. The van der Waals surface area contributed by atoms with Crippen molar-refractivity contribution in [1.29, 1.82) is 0 Å². The topological polar surface area (TPSA) is 75.7 Å². The van der Waals surface area contributed by atoms with Gasteiger partial charge < -0.3 is 9.64 Å². The Labute approximate surface area is 161 Å². The van der Waals surface area contributed by atoms with Gasteiger partial charge in [-0.3, -0.25) is 4.79 Å². The summed E-state index contributed by atoms with van der Waals surface area (Å²) in [7, 11) is -0.306. The second-order valence-corrected chi connectivity index (χ2v) is 8.21. The third kappa shape index (κ3) is 6.37. The highest BCUT2D eigenvalue weighted by Crippen LogP contribution is 2.13. The molecule has 27 heavy (non-hydrogen) atoms. The molecule has 0 fully saturated rings. The van der Waals surface area contributed by atoms with E-state index in [0.717, 1.165) is 11.3 Å². The Kier molecular flexibility index (Phi) is 7.38. The summed E-state index contributed by atoms with van der Waals surface area (Å²) in [6, 6.07) is 14.4. The van der Waals surface area contributed by atoms with Gasteiger partial charge in [-0.2, -0.15) is 0 Å². The van der Waals surface area contributed by atoms with Gasteiger partial charge in [-0.1, -0.05) is 29.8 Å². The molecule has 0 spiro atoms. The standard InChI is InChI=1S/C20H26N2O4S/c1-16-4-9-18(10-5-16)26-15-14-22(3)20(23)13-8-17-6-11-19(12-7-17)27(24,25)21-2/h4-7,9-12,21H,8,13-15H2,1-3H3. The molecule has 2 rings (SSSR count). The average Bonchev–Trinajstić information content (AvgIpc) is 2.67. The first kappa shape index (κ1) is 20.9. The average molecular weight is 391 g/mol. The lowest BCUT2D eigenvalue weighted by atomic mass is 10.1. The Morgan fingerprint density at radius 3 is 2.30 bits per heavy atom. The molecular weight excluding hydrogens is 364 g/mol. The molecule has 0 aliphatic rings. The van der Waals surface area contributed by atoms with Crippen molar-refractivity contribution in [2.45, 2.75) is 24.7 Å². The first-order chi connectivity index (χ1) is 12.8. The molecule has 1 N–H and O–H groups in total. The molecule has 2 aromatic carbocycles. The predicted molar refractivity (Wildman–Crippen MR) is 105 cm³/mol. The van der Waals surface area contributed by atoms with Gasteiger partial charge in [0.1, 0.15) is 12.4 Å². The normalized spacial score (nSPS) is 11.2. The van der Waals surface area contributed by atoms with Crippen molar-refractivity contribution >= 4 is 15.9 Å². The SMILES string of the molecule is CNS(=O)(=O)c1ccc(CCC(=O)N(C)CCOc2ccc(C)cc2)cc1. The van der Waals surface area contributed by atoms with Gasteiger partial charge in [-0.25, -0.2) is 13.1 Å². The van der Waals surface area contributed by atoms with E-state index in [2.05, 4.69) is 4.72 Å². The minimum Gasteiger partial charge on any atom is -0.492 e. The van der Waals surface area contributed by atoms with Crippen LogP contribution in [0.5, 0.6) is 5.75 Å². The number of rotatable bonds is 9. The molecule has 0 aromatic heterocycles. The fraction of sp³-hybridized carbons (Fsp3) is 0.350. The molecule has 0 saturated carbocycles. The summed E-state index contributed by atoms with van der Waals surface area (Å²) in [4.78, 5) is 14.1. The molecule has 0 atom stereocenters. The first-order valence-corrected chi connectivity index (χ1v) is 10.3. The third-order valence-corrected chi connectivity index (χ3v) is 5.70. The number of nitrogens with zero attached hydrogens (tertiary/aromatic N) is 1. The fourth-order valence-electron chi connectivity index (χ4n) is 2.45. The Hall–Kier alpha value is -2.38. The number of likely N-dealkylation sites (N-methyl/N-ethyl adjacent to an activating group) is 1. The monoisotopic (exact) mass is 390 g/mol. The zero-order valence-corrected chi connectivity index (χ0v) is 16.8. The van der Waals surface area contributed by atoms with Crippen molar-refractivity contribution in [2.24, 2.45) is 0 Å². The molecule has 0 aliphatic heterocycles. The molecule has 0 radical (unpaired) electrons. The number of sulfonamides is 1. The first-order valence-electron chi connectivity index (χ1n) is 8.78. The number of hydrogen-bond donors (Lipinski definition) is 1. The Bertz CT molecular complexity index is 847. The minimum absolute atomic E-state index is 0.0226. The molecule has 7 heteroatoms. The number of aryl methyl sites for hydroxylation is 2. The molecular formula is C20H26N2O4S. The van der Waals surface area contributed by atoms with Gasteiger partial charge in [-0.15, -0.1) is 0 Å². The van der Waals surface area contributed by atoms with Crippen LogP contribution in [0.4, 0.5) is 0 Å². The van der Waals surface area contributed by atoms with Gasteiger partial charge in [-0.05, 0) is 50.2 Å². The Balaban J connectivity index is 1.76. The highest BCUT2D eigenvalue weighted by atomic mass is 32.2. The molecule has 1 amide bonds. The van der Waals surface area contributed by atoms with Crippen LogP contribution in [-0.2, 0) is 21.2 Å². The van der Waals surface area contributed by atoms with Crippen LogP contribution in [0.15, 0.2) is 53.4 Å². The predicted octanol–water partition coefficient (Wildman–Crippen LogP) is 2.37. The molecule has 0 unspecified atom stereocenters. The van der Waals surface area contributed by atoms with Gasteiger partial charge >= 0.3 is 0 Å². The fourth-order valence-corrected chi connectivity index (χ4v) is 3.18. The lowest BCUT2D eigenvalue weighted by Crippen LogP contribution is -2.31. The molecule has 0 bridgehead atoms. The quantitative estimate of drug-likeness (QED) is 0.713. The van der Waals surface area contributed by atoms with Crippen molar-refractivity contribution < 1.29 is 17.9 Å². The van der Waals surface area contributed by atoms with Crippen LogP contribution in [0.2, 0.25) is 0 Å². The number of hydrogen-bond acceptors (Lipinski definition) is 4. The zero-order chi connectivity index (χ0) is 19.9. The van der Waals surface area contributed by atoms with Gasteiger partial charge in [0.2, 0.25) is 15.9 Å². The van der Waals surface area contributed by atoms with Gasteiger partial charge in [0.05, 0.1) is 11.4 Å². The maximum Gasteiger partial charge on any atom is 0.240 e. The van der Waals surface area contributed by atoms with Crippen LogP contribution in [0.1, 0.15) is 17.5 Å². The summed E-state index contributed by atoms with van der Waals surface area (Å²) in [6.45, 7) is 2.96. The lowest BCUT2D eigenvalue weighted by Gasteiger charge is -2.17. The largest absolute Gasteiger partial charge is 0.492 e. The highest BCUT2D eigenvalue weighted by Gasteiger charge is 2.12. The van der Waals surface area contributed by atoms with E-state index in [-0.39, 0.29) is 10.8 Å². The van der Waals surface area contributed by atoms with Gasteiger partial charge in [0.15, 0.2) is 0 Å². The summed E-state index contributed by atoms with van der Waals surface area (Å²) >= 11 is 0. The van der Waals surface area contributed by atoms with E-state index >= 15 is 0 Å². The maximum atomic E-state index is 12.2. The van der Waals surface area contributed by atoms with E-state index in [1.807, 2.05) is 31.2 Å². The van der Waals surface area contributed by atoms with E-state index in [4.69, 9.17) is 4.74 Å². The highest BCUT2D eigenvalue weighted by molar-refractivity contribution is 7.89. The lowest BCUT2D eigenvalue weighted by molar-refractivity contribution is -0.130. The van der Waals surface area contributed by atoms with Crippen LogP contribution in [0, 0.1) is 6.92 Å². The molecule has 146 valence electrons. The Morgan fingerprint density at radius 2 is 1.70 bits per heavy atom. The number of benzene rings is 2. The number of carbonyl (C=O) groups excluding carboxylic acids is 1. The second kappa shape index (κ2) is 9.53. The zero-order valence-electron chi connectivity index (χ0n) is 15.9. The second-order valence-electron chi connectivity index (χ2n) is 6.33. The van der Waals surface area contributed by atoms with Crippen LogP contribution >= 0.6 is 0 Å². The van der Waals surface area contributed by atoms with Crippen molar-refractivity contribution in [1.82, 2.24) is 9.62 Å². The van der Waals surface area contributed by atoms with Crippen molar-refractivity contribution in [3.8, 4) is 5.75 Å². The van der Waals surface area contributed by atoms with E-state index in [1.54, 1.807) is 36.2 Å². The summed E-state index contributed by atoms with van der Waals surface area (Å²) in [6.07, 6.45) is 0.918. The van der Waals surface area contributed by atoms with Crippen molar-refractivity contribution in [2.75, 3.05) is 27.2 Å². The smallest absolute Gasteiger partial charge is 0.240 e. The van der Waals surface area contributed by atoms with Crippen molar-refractivity contribution in [3.63, 3.8) is 0 Å².